The van der Waals surface area contributed by atoms with Gasteiger partial charge in [-0.3, -0.25) is 0 Å². The standard InChI is InChI=1S/C19H22N4O/c1-15-13-18(20-11-5-9-16-7-3-2-4-8-16)23-19(22-15)21-14-17-10-6-12-24-17/h2-4,6-8,10,12-13H,5,9,11,14H2,1H3,(H2,20,21,22,23). The molecule has 0 saturated heterocycles. The zero-order valence-electron chi connectivity index (χ0n) is 13.8. The molecule has 0 aliphatic heterocycles. The van der Waals surface area contributed by atoms with E-state index in [4.69, 9.17) is 4.42 Å². The van der Waals surface area contributed by atoms with Crippen molar-refractivity contribution in [3.05, 3.63) is 71.8 Å². The molecule has 0 fully saturated rings. The molecule has 0 atom stereocenters. The highest BCUT2D eigenvalue weighted by atomic mass is 16.3. The number of hydrogen-bond donors (Lipinski definition) is 2. The summed E-state index contributed by atoms with van der Waals surface area (Å²) in [4.78, 5) is 8.91. The molecule has 0 spiro atoms. The van der Waals surface area contributed by atoms with E-state index in [2.05, 4.69) is 44.9 Å². The van der Waals surface area contributed by atoms with Crippen molar-refractivity contribution in [2.45, 2.75) is 26.3 Å². The van der Waals surface area contributed by atoms with Gasteiger partial charge < -0.3 is 15.1 Å². The van der Waals surface area contributed by atoms with Gasteiger partial charge in [0.25, 0.3) is 0 Å². The lowest BCUT2D eigenvalue weighted by Crippen LogP contribution is -2.09. The molecule has 0 unspecified atom stereocenters. The number of nitrogens with one attached hydrogen (secondary N) is 2. The van der Waals surface area contributed by atoms with E-state index < -0.39 is 0 Å². The summed E-state index contributed by atoms with van der Waals surface area (Å²) >= 11 is 0. The summed E-state index contributed by atoms with van der Waals surface area (Å²) in [6, 6.07) is 16.3. The van der Waals surface area contributed by atoms with Gasteiger partial charge in [-0.15, -0.1) is 0 Å². The van der Waals surface area contributed by atoms with Crippen molar-refractivity contribution in [2.75, 3.05) is 17.2 Å². The Morgan fingerprint density at radius 1 is 1.00 bits per heavy atom. The molecular formula is C19H22N4O. The van der Waals surface area contributed by atoms with Gasteiger partial charge in [-0.05, 0) is 37.5 Å². The highest BCUT2D eigenvalue weighted by molar-refractivity contribution is 5.42. The summed E-state index contributed by atoms with van der Waals surface area (Å²) in [7, 11) is 0. The molecule has 0 bridgehead atoms. The van der Waals surface area contributed by atoms with E-state index in [1.807, 2.05) is 31.2 Å². The summed E-state index contributed by atoms with van der Waals surface area (Å²) in [5.74, 6) is 2.31. The maximum Gasteiger partial charge on any atom is 0.225 e. The minimum Gasteiger partial charge on any atom is -0.467 e. The van der Waals surface area contributed by atoms with Crippen molar-refractivity contribution in [1.82, 2.24) is 9.97 Å². The van der Waals surface area contributed by atoms with Crippen LogP contribution in [0.25, 0.3) is 0 Å². The number of furan rings is 1. The summed E-state index contributed by atoms with van der Waals surface area (Å²) in [6.07, 6.45) is 3.78. The minimum absolute atomic E-state index is 0.573. The molecule has 2 aromatic heterocycles. The Kier molecular flexibility index (Phi) is 5.45. The molecule has 1 aromatic carbocycles. The molecule has 0 aliphatic rings. The Bertz CT molecular complexity index is 741. The van der Waals surface area contributed by atoms with E-state index in [1.165, 1.54) is 5.56 Å². The fraction of sp³-hybridized carbons (Fsp3) is 0.263. The van der Waals surface area contributed by atoms with Crippen LogP contribution in [0.1, 0.15) is 23.4 Å². The van der Waals surface area contributed by atoms with Crippen LogP contribution in [0.15, 0.2) is 59.2 Å². The van der Waals surface area contributed by atoms with E-state index in [-0.39, 0.29) is 0 Å². The summed E-state index contributed by atoms with van der Waals surface area (Å²) < 4.78 is 5.30. The summed E-state index contributed by atoms with van der Waals surface area (Å²) in [5, 5.41) is 6.56. The number of aromatic nitrogens is 2. The molecule has 2 heterocycles. The van der Waals surface area contributed by atoms with Crippen LogP contribution >= 0.6 is 0 Å². The zero-order valence-corrected chi connectivity index (χ0v) is 13.8. The second-order valence-electron chi connectivity index (χ2n) is 5.67. The average molecular weight is 322 g/mol. The van der Waals surface area contributed by atoms with E-state index >= 15 is 0 Å². The van der Waals surface area contributed by atoms with Gasteiger partial charge in [-0.25, -0.2) is 4.98 Å². The smallest absolute Gasteiger partial charge is 0.225 e. The maximum atomic E-state index is 5.30. The Labute approximate surface area is 142 Å². The average Bonchev–Trinajstić information content (AvgIpc) is 3.11. The van der Waals surface area contributed by atoms with Gasteiger partial charge in [0.2, 0.25) is 5.95 Å². The van der Waals surface area contributed by atoms with Crippen molar-refractivity contribution in [3.8, 4) is 0 Å². The van der Waals surface area contributed by atoms with Crippen molar-refractivity contribution in [1.29, 1.82) is 0 Å². The molecule has 3 rings (SSSR count). The number of anilines is 2. The van der Waals surface area contributed by atoms with E-state index in [1.54, 1.807) is 6.26 Å². The summed E-state index contributed by atoms with van der Waals surface area (Å²) in [5.41, 5.74) is 2.29. The fourth-order valence-corrected chi connectivity index (χ4v) is 2.47. The first-order valence-corrected chi connectivity index (χ1v) is 8.19. The highest BCUT2D eigenvalue weighted by Gasteiger charge is 2.03. The van der Waals surface area contributed by atoms with Crippen LogP contribution in [0.4, 0.5) is 11.8 Å². The van der Waals surface area contributed by atoms with Gasteiger partial charge >= 0.3 is 0 Å². The molecule has 0 radical (unpaired) electrons. The largest absolute Gasteiger partial charge is 0.467 e. The molecule has 5 heteroatoms. The number of aryl methyl sites for hydroxylation is 2. The number of benzene rings is 1. The van der Waals surface area contributed by atoms with Gasteiger partial charge in [0, 0.05) is 18.3 Å². The third kappa shape index (κ3) is 4.84. The number of nitrogens with zero attached hydrogens (tertiary/aromatic N) is 2. The predicted molar refractivity (Wildman–Crippen MR) is 96.1 cm³/mol. The van der Waals surface area contributed by atoms with Crippen LogP contribution in [0.5, 0.6) is 0 Å². The van der Waals surface area contributed by atoms with Crippen LogP contribution in [0.3, 0.4) is 0 Å². The minimum atomic E-state index is 0.573. The van der Waals surface area contributed by atoms with Gasteiger partial charge in [0.05, 0.1) is 12.8 Å². The Hall–Kier alpha value is -2.82. The Morgan fingerprint density at radius 3 is 2.67 bits per heavy atom. The van der Waals surface area contributed by atoms with E-state index in [0.29, 0.717) is 12.5 Å². The molecule has 2 N–H and O–H groups in total. The first-order chi connectivity index (χ1) is 11.8. The SMILES string of the molecule is Cc1cc(NCCCc2ccccc2)nc(NCc2ccco2)n1. The predicted octanol–water partition coefficient (Wildman–Crippen LogP) is 4.03. The molecule has 24 heavy (non-hydrogen) atoms. The van der Waals surface area contributed by atoms with E-state index in [9.17, 15) is 0 Å². The van der Waals surface area contributed by atoms with Crippen LogP contribution in [0.2, 0.25) is 0 Å². The van der Waals surface area contributed by atoms with Crippen molar-refractivity contribution >= 4 is 11.8 Å². The molecule has 0 aliphatic carbocycles. The second kappa shape index (κ2) is 8.15. The lowest BCUT2D eigenvalue weighted by atomic mass is 10.1. The van der Waals surface area contributed by atoms with Crippen molar-refractivity contribution < 1.29 is 4.42 Å². The first kappa shape index (κ1) is 16.1. The lowest BCUT2D eigenvalue weighted by molar-refractivity contribution is 0.517. The Balaban J connectivity index is 1.49. The highest BCUT2D eigenvalue weighted by Crippen LogP contribution is 2.11. The van der Waals surface area contributed by atoms with Gasteiger partial charge in [-0.2, -0.15) is 4.98 Å². The molecule has 3 aromatic rings. The Morgan fingerprint density at radius 2 is 1.88 bits per heavy atom. The molecule has 5 nitrogen and oxygen atoms in total. The monoisotopic (exact) mass is 322 g/mol. The van der Waals surface area contributed by atoms with E-state index in [0.717, 1.165) is 36.7 Å². The molecule has 124 valence electrons. The molecule has 0 amide bonds. The molecular weight excluding hydrogens is 300 g/mol. The van der Waals surface area contributed by atoms with Crippen molar-refractivity contribution in [3.63, 3.8) is 0 Å². The normalized spacial score (nSPS) is 10.5. The summed E-state index contributed by atoms with van der Waals surface area (Å²) in [6.45, 7) is 3.42. The lowest BCUT2D eigenvalue weighted by Gasteiger charge is -2.09. The number of hydrogen-bond acceptors (Lipinski definition) is 5. The van der Waals surface area contributed by atoms with Crippen LogP contribution in [0, 0.1) is 6.92 Å². The quantitative estimate of drug-likeness (QED) is 0.613. The number of rotatable bonds is 8. The van der Waals surface area contributed by atoms with Crippen LogP contribution < -0.4 is 10.6 Å². The van der Waals surface area contributed by atoms with Crippen LogP contribution in [-0.4, -0.2) is 16.5 Å². The van der Waals surface area contributed by atoms with Crippen LogP contribution in [-0.2, 0) is 13.0 Å². The topological polar surface area (TPSA) is 63.0 Å². The van der Waals surface area contributed by atoms with Crippen molar-refractivity contribution in [2.24, 2.45) is 0 Å². The first-order valence-electron chi connectivity index (χ1n) is 8.19. The third-order valence-electron chi connectivity index (χ3n) is 3.65. The third-order valence-corrected chi connectivity index (χ3v) is 3.65. The maximum absolute atomic E-state index is 5.30. The fourth-order valence-electron chi connectivity index (χ4n) is 2.47. The van der Waals surface area contributed by atoms with Gasteiger partial charge in [0.1, 0.15) is 11.6 Å². The second-order valence-corrected chi connectivity index (χ2v) is 5.67. The zero-order chi connectivity index (χ0) is 16.6. The van der Waals surface area contributed by atoms with Gasteiger partial charge in [0.15, 0.2) is 0 Å². The van der Waals surface area contributed by atoms with Gasteiger partial charge in [-0.1, -0.05) is 30.3 Å². The molecule has 0 saturated carbocycles.